The molecule has 1 aliphatic rings. The minimum Gasteiger partial charge on any atom is -0.311 e. The van der Waals surface area contributed by atoms with Crippen LogP contribution in [-0.4, -0.2) is 16.1 Å². The largest absolute Gasteiger partial charge is 0.311 e. The molecule has 0 atom stereocenters. The first-order chi connectivity index (χ1) is 9.63. The number of halogens is 2. The number of rotatable bonds is 2. The van der Waals surface area contributed by atoms with Crippen molar-refractivity contribution in [2.24, 2.45) is 0 Å². The van der Waals surface area contributed by atoms with Crippen LogP contribution in [0.1, 0.15) is 16.8 Å². The zero-order valence-corrected chi connectivity index (χ0v) is 10.7. The predicted molar refractivity (Wildman–Crippen MR) is 69.4 cm³/mol. The van der Waals surface area contributed by atoms with Crippen molar-refractivity contribution in [3.63, 3.8) is 0 Å². The highest BCUT2D eigenvalue weighted by molar-refractivity contribution is 5.22. The topological polar surface area (TPSA) is 46.9 Å². The van der Waals surface area contributed by atoms with Crippen molar-refractivity contribution in [2.75, 3.05) is 6.54 Å². The molecule has 4 nitrogen and oxygen atoms in total. The zero-order valence-electron chi connectivity index (χ0n) is 10.7. The summed E-state index contributed by atoms with van der Waals surface area (Å²) in [6.07, 6.45) is 2.05. The predicted octanol–water partition coefficient (Wildman–Crippen LogP) is 1.22. The number of nitrogens with zero attached hydrogens (tertiary/aromatic N) is 2. The summed E-state index contributed by atoms with van der Waals surface area (Å²) in [7, 11) is 0. The molecule has 1 aromatic heterocycles. The van der Waals surface area contributed by atoms with Crippen molar-refractivity contribution >= 4 is 0 Å². The second-order valence-electron chi connectivity index (χ2n) is 4.81. The fourth-order valence-corrected chi connectivity index (χ4v) is 2.40. The van der Waals surface area contributed by atoms with E-state index in [1.165, 1.54) is 23.0 Å². The summed E-state index contributed by atoms with van der Waals surface area (Å²) in [6.45, 7) is 1.43. The van der Waals surface area contributed by atoms with Crippen molar-refractivity contribution in [1.82, 2.24) is 14.9 Å². The highest BCUT2D eigenvalue weighted by Gasteiger charge is 2.15. The lowest BCUT2D eigenvalue weighted by Gasteiger charge is -2.16. The molecule has 2 heterocycles. The highest BCUT2D eigenvalue weighted by Crippen LogP contribution is 2.10. The Morgan fingerprint density at radius 2 is 2.00 bits per heavy atom. The molecule has 0 saturated carbocycles. The molecule has 0 aliphatic carbocycles. The van der Waals surface area contributed by atoms with Gasteiger partial charge in [0.1, 0.15) is 11.6 Å². The first kappa shape index (κ1) is 12.9. The van der Waals surface area contributed by atoms with E-state index in [0.717, 1.165) is 18.3 Å². The van der Waals surface area contributed by atoms with Gasteiger partial charge in [0.2, 0.25) is 0 Å². The molecule has 2 aromatic rings. The Kier molecular flexibility index (Phi) is 3.31. The van der Waals surface area contributed by atoms with Gasteiger partial charge in [0.15, 0.2) is 0 Å². The molecular formula is C14H13F2N3O. The monoisotopic (exact) mass is 277 g/mol. The number of hydrogen-bond donors (Lipinski definition) is 1. The van der Waals surface area contributed by atoms with Crippen molar-refractivity contribution in [3.8, 4) is 0 Å². The van der Waals surface area contributed by atoms with Crippen LogP contribution in [0, 0.1) is 11.6 Å². The third-order valence-corrected chi connectivity index (χ3v) is 3.34. The number of aromatic nitrogens is 2. The van der Waals surface area contributed by atoms with Crippen molar-refractivity contribution in [1.29, 1.82) is 0 Å². The van der Waals surface area contributed by atoms with Crippen LogP contribution in [0.2, 0.25) is 0 Å². The maximum absolute atomic E-state index is 13.2. The molecule has 0 spiro atoms. The molecule has 0 bridgehead atoms. The van der Waals surface area contributed by atoms with E-state index in [9.17, 15) is 13.6 Å². The number of fused-ring (bicyclic) bond motifs is 1. The Labute approximate surface area is 114 Å². The van der Waals surface area contributed by atoms with E-state index in [1.807, 2.05) is 0 Å². The second-order valence-corrected chi connectivity index (χ2v) is 4.81. The van der Waals surface area contributed by atoms with E-state index in [4.69, 9.17) is 0 Å². The maximum atomic E-state index is 13.2. The van der Waals surface area contributed by atoms with Gasteiger partial charge in [0.05, 0.1) is 18.6 Å². The molecule has 0 unspecified atom stereocenters. The van der Waals surface area contributed by atoms with Gasteiger partial charge >= 0.3 is 0 Å². The van der Waals surface area contributed by atoms with Gasteiger partial charge in [-0.15, -0.1) is 0 Å². The van der Waals surface area contributed by atoms with Crippen molar-refractivity contribution in [2.45, 2.75) is 19.5 Å². The average Bonchev–Trinajstić information content (AvgIpc) is 2.41. The van der Waals surface area contributed by atoms with Gasteiger partial charge in [-0.05, 0) is 30.7 Å². The quantitative estimate of drug-likeness (QED) is 0.897. The summed E-state index contributed by atoms with van der Waals surface area (Å²) >= 11 is 0. The fourth-order valence-electron chi connectivity index (χ4n) is 2.40. The first-order valence-corrected chi connectivity index (χ1v) is 6.36. The lowest BCUT2D eigenvalue weighted by atomic mass is 10.1. The third-order valence-electron chi connectivity index (χ3n) is 3.34. The molecule has 104 valence electrons. The van der Waals surface area contributed by atoms with Crippen LogP contribution in [0.4, 0.5) is 8.78 Å². The van der Waals surface area contributed by atoms with E-state index >= 15 is 0 Å². The molecule has 1 aliphatic heterocycles. The molecule has 0 amide bonds. The van der Waals surface area contributed by atoms with Gasteiger partial charge in [0, 0.05) is 18.2 Å². The average molecular weight is 277 g/mol. The highest BCUT2D eigenvalue weighted by atomic mass is 19.1. The summed E-state index contributed by atoms with van der Waals surface area (Å²) in [6, 6.07) is 3.25. The summed E-state index contributed by atoms with van der Waals surface area (Å²) in [4.78, 5) is 16.5. The maximum Gasteiger partial charge on any atom is 0.257 e. The van der Waals surface area contributed by atoms with Gasteiger partial charge in [-0.2, -0.15) is 0 Å². The van der Waals surface area contributed by atoms with Gasteiger partial charge in [-0.1, -0.05) is 0 Å². The summed E-state index contributed by atoms with van der Waals surface area (Å²) in [5.41, 5.74) is 1.70. The molecular weight excluding hydrogens is 264 g/mol. The van der Waals surface area contributed by atoms with Gasteiger partial charge in [-0.25, -0.2) is 13.8 Å². The molecule has 1 N–H and O–H groups in total. The molecule has 20 heavy (non-hydrogen) atoms. The normalized spacial score (nSPS) is 14.1. The molecule has 3 rings (SSSR count). The molecule has 0 radical (unpaired) electrons. The standard InChI is InChI=1S/C14H13F2N3O/c15-10-3-9(4-11(16)5-10)7-19-8-18-13-6-17-2-1-12(13)14(19)20/h3-5,8,17H,1-2,6-7H2. The minimum absolute atomic E-state index is 0.112. The van der Waals surface area contributed by atoms with Gasteiger partial charge in [0.25, 0.3) is 5.56 Å². The van der Waals surface area contributed by atoms with E-state index in [1.54, 1.807) is 0 Å². The van der Waals surface area contributed by atoms with Crippen LogP contribution in [0.3, 0.4) is 0 Å². The number of nitrogens with one attached hydrogen (secondary N) is 1. The molecule has 0 fully saturated rings. The van der Waals surface area contributed by atoms with E-state index in [0.29, 0.717) is 24.1 Å². The smallest absolute Gasteiger partial charge is 0.257 e. The van der Waals surface area contributed by atoms with Gasteiger partial charge in [-0.3, -0.25) is 9.36 Å². The lowest BCUT2D eigenvalue weighted by molar-refractivity contribution is 0.572. The van der Waals surface area contributed by atoms with Crippen LogP contribution in [0.5, 0.6) is 0 Å². The Balaban J connectivity index is 1.97. The number of benzene rings is 1. The van der Waals surface area contributed by atoms with Crippen LogP contribution in [0.15, 0.2) is 29.3 Å². The fraction of sp³-hybridized carbons (Fsp3) is 0.286. The number of hydrogen-bond acceptors (Lipinski definition) is 3. The Hall–Kier alpha value is -2.08. The summed E-state index contributed by atoms with van der Waals surface area (Å²) in [5, 5.41) is 3.14. The Bertz CT molecular complexity index is 692. The SMILES string of the molecule is O=c1c2c(ncn1Cc1cc(F)cc(F)c1)CNCC2. The molecule has 0 saturated heterocycles. The first-order valence-electron chi connectivity index (χ1n) is 6.36. The minimum atomic E-state index is -0.650. The van der Waals surface area contributed by atoms with E-state index < -0.39 is 11.6 Å². The Morgan fingerprint density at radius 1 is 1.25 bits per heavy atom. The third kappa shape index (κ3) is 2.46. The van der Waals surface area contributed by atoms with Crippen LogP contribution in [0.25, 0.3) is 0 Å². The van der Waals surface area contributed by atoms with Crippen molar-refractivity contribution < 1.29 is 8.78 Å². The molecule has 1 aromatic carbocycles. The lowest BCUT2D eigenvalue weighted by Crippen LogP contribution is -2.34. The van der Waals surface area contributed by atoms with Gasteiger partial charge < -0.3 is 5.32 Å². The Morgan fingerprint density at radius 3 is 2.75 bits per heavy atom. The van der Waals surface area contributed by atoms with Crippen LogP contribution < -0.4 is 10.9 Å². The summed E-state index contributed by atoms with van der Waals surface area (Å²) < 4.78 is 27.7. The van der Waals surface area contributed by atoms with Crippen LogP contribution >= 0.6 is 0 Å². The van der Waals surface area contributed by atoms with Crippen molar-refractivity contribution in [3.05, 3.63) is 63.3 Å². The van der Waals surface area contributed by atoms with E-state index in [2.05, 4.69) is 10.3 Å². The zero-order chi connectivity index (χ0) is 14.1. The van der Waals surface area contributed by atoms with Crippen LogP contribution in [-0.2, 0) is 19.5 Å². The van der Waals surface area contributed by atoms with E-state index in [-0.39, 0.29) is 12.1 Å². The molecule has 6 heteroatoms. The second kappa shape index (κ2) is 5.13. The summed E-state index contributed by atoms with van der Waals surface area (Å²) in [5.74, 6) is -1.30.